The van der Waals surface area contributed by atoms with E-state index in [9.17, 15) is 38.4 Å². The summed E-state index contributed by atoms with van der Waals surface area (Å²) in [5.41, 5.74) is 3.40. The van der Waals surface area contributed by atoms with Crippen molar-refractivity contribution in [1.82, 2.24) is 16.0 Å². The molecule has 0 saturated heterocycles. The largest absolute Gasteiger partial charge is 0.461 e. The molecule has 5 N–H and O–H groups in total. The molecule has 0 aromatic heterocycles. The van der Waals surface area contributed by atoms with Gasteiger partial charge < -0.3 is 45.4 Å². The summed E-state index contributed by atoms with van der Waals surface area (Å²) in [6.45, 7) is 19.9. The summed E-state index contributed by atoms with van der Waals surface area (Å²) in [6.07, 6.45) is -2.07. The fraction of sp³-hybridized carbons (Fsp3) is 0.674. The van der Waals surface area contributed by atoms with Crippen molar-refractivity contribution in [1.29, 1.82) is 0 Å². The smallest absolute Gasteiger partial charge is 0.329 e. The van der Waals surface area contributed by atoms with E-state index in [1.807, 2.05) is 6.07 Å². The van der Waals surface area contributed by atoms with Gasteiger partial charge in [0, 0.05) is 25.7 Å². The average molecular weight is 849 g/mol. The quantitative estimate of drug-likeness (QED) is 0.101. The number of esters is 5. The van der Waals surface area contributed by atoms with Gasteiger partial charge in [-0.15, -0.1) is 0 Å². The average Bonchev–Trinajstić information content (AvgIpc) is 3.08. The molecule has 0 heterocycles. The van der Waals surface area contributed by atoms with Crippen LogP contribution < -0.4 is 21.7 Å². The Labute approximate surface area is 354 Å². The molecule has 17 nitrogen and oxygen atoms in total. The third-order valence-electron chi connectivity index (χ3n) is 7.68. The Hall–Kier alpha value is -5.06. The molecule has 17 heteroatoms. The van der Waals surface area contributed by atoms with Crippen molar-refractivity contribution in [2.75, 3.05) is 0 Å². The van der Waals surface area contributed by atoms with Crippen molar-refractivity contribution >= 4 is 47.6 Å². The van der Waals surface area contributed by atoms with Crippen LogP contribution in [0.15, 0.2) is 30.3 Å². The minimum absolute atomic E-state index is 0.0218. The number of rotatable bonds is 21. The van der Waals surface area contributed by atoms with Gasteiger partial charge in [0.2, 0.25) is 17.7 Å². The van der Waals surface area contributed by atoms with Crippen molar-refractivity contribution in [3.63, 3.8) is 0 Å². The molecular formula is C43H68N4O13. The summed E-state index contributed by atoms with van der Waals surface area (Å²) >= 11 is 0. The van der Waals surface area contributed by atoms with Crippen LogP contribution in [0.25, 0.3) is 0 Å². The molecule has 3 amide bonds. The van der Waals surface area contributed by atoms with E-state index >= 15 is 0 Å². The van der Waals surface area contributed by atoms with E-state index in [0.717, 1.165) is 5.56 Å². The molecule has 0 spiro atoms. The first-order valence-electron chi connectivity index (χ1n) is 20.2. The number of benzene rings is 1. The fourth-order valence-electron chi connectivity index (χ4n) is 5.13. The van der Waals surface area contributed by atoms with Crippen LogP contribution in [0.2, 0.25) is 0 Å². The third-order valence-corrected chi connectivity index (χ3v) is 7.68. The highest BCUT2D eigenvalue weighted by Gasteiger charge is 2.33. The highest BCUT2D eigenvalue weighted by molar-refractivity contribution is 5.93. The van der Waals surface area contributed by atoms with Crippen LogP contribution in [-0.2, 0) is 68.6 Å². The summed E-state index contributed by atoms with van der Waals surface area (Å²) in [7, 11) is 0. The first-order chi connectivity index (χ1) is 27.4. The number of hydrogen-bond donors (Lipinski definition) is 4. The Morgan fingerprint density at radius 1 is 0.500 bits per heavy atom. The number of carbonyl (C=O) groups is 8. The Kier molecular flexibility index (Phi) is 20.9. The van der Waals surface area contributed by atoms with E-state index in [4.69, 9.17) is 29.4 Å². The molecular weight excluding hydrogens is 780 g/mol. The molecule has 4 unspecified atom stereocenters. The molecule has 1 aromatic rings. The lowest BCUT2D eigenvalue weighted by molar-refractivity contribution is -0.161. The SMILES string of the molecule is CC(C)(C)OC(=O)CCC(NC(=O)CCC(NC(=O)C(N)CCC(=O)OCc1ccccc1)C(=O)NC(CCC(=O)OC(C)(C)C)C(=O)OC(C)(C)C)C(=O)OC(C)(C)C. The lowest BCUT2D eigenvalue weighted by atomic mass is 10.0. The van der Waals surface area contributed by atoms with Crippen molar-refractivity contribution < 1.29 is 62.0 Å². The zero-order chi connectivity index (χ0) is 46.1. The second-order valence-corrected chi connectivity index (χ2v) is 18.4. The Balaban J connectivity index is 3.28. The van der Waals surface area contributed by atoms with Crippen LogP contribution in [-0.4, -0.2) is 94.1 Å². The molecule has 0 aliphatic rings. The minimum atomic E-state index is -1.49. The van der Waals surface area contributed by atoms with Gasteiger partial charge in [0.05, 0.1) is 6.04 Å². The summed E-state index contributed by atoms with van der Waals surface area (Å²) < 4.78 is 26.9. The number of amides is 3. The molecule has 0 aliphatic carbocycles. The summed E-state index contributed by atoms with van der Waals surface area (Å²) in [5, 5.41) is 7.60. The van der Waals surface area contributed by atoms with E-state index in [0.29, 0.717) is 0 Å². The molecule has 0 fully saturated rings. The van der Waals surface area contributed by atoms with E-state index in [1.165, 1.54) is 0 Å². The van der Waals surface area contributed by atoms with Gasteiger partial charge in [-0.05, 0) is 114 Å². The first kappa shape index (κ1) is 53.0. The van der Waals surface area contributed by atoms with E-state index in [1.54, 1.807) is 107 Å². The van der Waals surface area contributed by atoms with Gasteiger partial charge in [-0.25, -0.2) is 9.59 Å². The van der Waals surface area contributed by atoms with Crippen molar-refractivity contribution in [3.05, 3.63) is 35.9 Å². The number of carbonyl (C=O) groups excluding carboxylic acids is 8. The van der Waals surface area contributed by atoms with Crippen molar-refractivity contribution in [3.8, 4) is 0 Å². The van der Waals surface area contributed by atoms with E-state index in [2.05, 4.69) is 16.0 Å². The van der Waals surface area contributed by atoms with Crippen LogP contribution in [0.1, 0.15) is 140 Å². The van der Waals surface area contributed by atoms with Gasteiger partial charge in [-0.1, -0.05) is 30.3 Å². The lowest BCUT2D eigenvalue weighted by Gasteiger charge is -2.27. The highest BCUT2D eigenvalue weighted by Crippen LogP contribution is 2.17. The predicted molar refractivity (Wildman–Crippen MR) is 220 cm³/mol. The normalized spacial score (nSPS) is 13.9. The van der Waals surface area contributed by atoms with Gasteiger partial charge >= 0.3 is 29.8 Å². The number of hydrogen-bond acceptors (Lipinski definition) is 14. The maximum absolute atomic E-state index is 13.9. The van der Waals surface area contributed by atoms with Gasteiger partial charge in [0.1, 0.15) is 47.1 Å². The Morgan fingerprint density at radius 3 is 1.35 bits per heavy atom. The molecule has 0 saturated carbocycles. The predicted octanol–water partition coefficient (Wildman–Crippen LogP) is 4.00. The van der Waals surface area contributed by atoms with Crippen LogP contribution >= 0.6 is 0 Å². The van der Waals surface area contributed by atoms with Crippen LogP contribution in [0.5, 0.6) is 0 Å². The Bertz CT molecular complexity index is 1620. The number of nitrogens with one attached hydrogen (secondary N) is 3. The topological polar surface area (TPSA) is 245 Å². The van der Waals surface area contributed by atoms with Gasteiger partial charge in [-0.2, -0.15) is 0 Å². The van der Waals surface area contributed by atoms with Crippen molar-refractivity contribution in [2.45, 2.75) is 188 Å². The van der Waals surface area contributed by atoms with Crippen LogP contribution in [0.4, 0.5) is 0 Å². The third kappa shape index (κ3) is 24.8. The molecule has 4 atom stereocenters. The molecule has 1 rings (SSSR count). The molecule has 60 heavy (non-hydrogen) atoms. The second kappa shape index (κ2) is 23.7. The monoisotopic (exact) mass is 848 g/mol. The van der Waals surface area contributed by atoms with Crippen molar-refractivity contribution in [2.24, 2.45) is 5.73 Å². The second-order valence-electron chi connectivity index (χ2n) is 18.4. The number of ether oxygens (including phenoxy) is 5. The highest BCUT2D eigenvalue weighted by atomic mass is 16.6. The zero-order valence-corrected chi connectivity index (χ0v) is 37.4. The van der Waals surface area contributed by atoms with Crippen LogP contribution in [0.3, 0.4) is 0 Å². The molecule has 338 valence electrons. The fourth-order valence-corrected chi connectivity index (χ4v) is 5.13. The maximum Gasteiger partial charge on any atom is 0.329 e. The summed E-state index contributed by atoms with van der Waals surface area (Å²) in [4.78, 5) is 105. The molecule has 1 aromatic carbocycles. The van der Waals surface area contributed by atoms with Gasteiger partial charge in [0.15, 0.2) is 0 Å². The summed E-state index contributed by atoms with van der Waals surface area (Å²) in [6, 6.07) is 3.53. The standard InChI is InChI=1S/C43H68N4O13/c1-40(2,3)57-34(50)24-20-30(38(54)59-42(7,8)9)45-32(48)22-19-29(46-36(52)28(44)18-23-33(49)56-26-27-16-14-13-15-17-27)37(53)47-31(39(55)60-43(10,11)12)21-25-35(51)58-41(4,5)6/h13-17,28-31H,18-26,44H2,1-12H3,(H,45,48)(H,46,52)(H,47,53). The molecule has 0 radical (unpaired) electrons. The van der Waals surface area contributed by atoms with Gasteiger partial charge in [0.25, 0.3) is 0 Å². The number of nitrogens with two attached hydrogens (primary N) is 1. The minimum Gasteiger partial charge on any atom is -0.461 e. The first-order valence-corrected chi connectivity index (χ1v) is 20.2. The molecule has 0 aliphatic heterocycles. The summed E-state index contributed by atoms with van der Waals surface area (Å²) in [5.74, 6) is -6.01. The molecule has 0 bridgehead atoms. The van der Waals surface area contributed by atoms with Crippen LogP contribution in [0, 0.1) is 0 Å². The van der Waals surface area contributed by atoms with E-state index in [-0.39, 0.29) is 51.6 Å². The van der Waals surface area contributed by atoms with Gasteiger partial charge in [-0.3, -0.25) is 28.8 Å². The van der Waals surface area contributed by atoms with E-state index < -0.39 is 101 Å². The zero-order valence-electron chi connectivity index (χ0n) is 37.4. The Morgan fingerprint density at radius 2 is 0.900 bits per heavy atom. The maximum atomic E-state index is 13.9. The lowest BCUT2D eigenvalue weighted by Crippen LogP contribution is -2.55.